The summed E-state index contributed by atoms with van der Waals surface area (Å²) < 4.78 is 52.1. The summed E-state index contributed by atoms with van der Waals surface area (Å²) in [4.78, 5) is 32.0. The van der Waals surface area contributed by atoms with Crippen LogP contribution in [0.1, 0.15) is 39.3 Å². The van der Waals surface area contributed by atoms with E-state index < -0.39 is 23.5 Å². The van der Waals surface area contributed by atoms with Gasteiger partial charge in [0.2, 0.25) is 0 Å². The quantitative estimate of drug-likeness (QED) is 0.489. The number of carbonyl (C=O) groups is 2. The summed E-state index contributed by atoms with van der Waals surface area (Å²) >= 11 is 6.01. The van der Waals surface area contributed by atoms with E-state index in [1.807, 2.05) is 6.07 Å². The Labute approximate surface area is 197 Å². The van der Waals surface area contributed by atoms with Crippen molar-refractivity contribution < 1.29 is 27.2 Å². The lowest BCUT2D eigenvalue weighted by molar-refractivity contribution is -0.140. The molecule has 3 aromatic rings. The molecule has 0 bridgehead atoms. The van der Waals surface area contributed by atoms with Crippen molar-refractivity contribution in [1.29, 1.82) is 0 Å². The number of H-pyrrole nitrogens is 1. The zero-order valence-corrected chi connectivity index (χ0v) is 18.6. The Morgan fingerprint density at radius 3 is 2.29 bits per heavy atom. The van der Waals surface area contributed by atoms with Crippen molar-refractivity contribution >= 4 is 34.3 Å². The Hall–Kier alpha value is -3.07. The number of aromatic amines is 1. The first-order valence-corrected chi connectivity index (χ1v) is 11.2. The first kappa shape index (κ1) is 22.7. The molecular weight excluding hydrogens is 474 g/mol. The van der Waals surface area contributed by atoms with Gasteiger partial charge >= 0.3 is 6.18 Å². The standard InChI is InChI=1S/C24H20ClF4N3O2/c25-16-2-4-19-15(9-16)11-20(30-19)22(34)31-7-5-23(6-8-31)12-32(13-23)21(33)14-1-3-17(18(26)10-14)24(27,28)29/h1-4,9-11,30H,5-8,12-13H2. The van der Waals surface area contributed by atoms with Crippen molar-refractivity contribution in [3.05, 3.63) is 70.1 Å². The van der Waals surface area contributed by atoms with Gasteiger partial charge in [-0.15, -0.1) is 0 Å². The van der Waals surface area contributed by atoms with Crippen LogP contribution < -0.4 is 0 Å². The maximum Gasteiger partial charge on any atom is 0.419 e. The van der Waals surface area contributed by atoms with Crippen LogP contribution >= 0.6 is 11.6 Å². The summed E-state index contributed by atoms with van der Waals surface area (Å²) in [5, 5.41) is 1.45. The predicted molar refractivity (Wildman–Crippen MR) is 118 cm³/mol. The summed E-state index contributed by atoms with van der Waals surface area (Å²) in [5.74, 6) is -2.05. The molecule has 10 heteroatoms. The number of hydrogen-bond acceptors (Lipinski definition) is 2. The minimum Gasteiger partial charge on any atom is -0.351 e. The van der Waals surface area contributed by atoms with E-state index in [1.54, 1.807) is 23.1 Å². The van der Waals surface area contributed by atoms with Gasteiger partial charge < -0.3 is 14.8 Å². The van der Waals surface area contributed by atoms with E-state index in [0.717, 1.165) is 17.0 Å². The van der Waals surface area contributed by atoms with Crippen molar-refractivity contribution in [2.24, 2.45) is 5.41 Å². The highest BCUT2D eigenvalue weighted by molar-refractivity contribution is 6.31. The van der Waals surface area contributed by atoms with Crippen LogP contribution in [0.5, 0.6) is 0 Å². The number of rotatable bonds is 2. The van der Waals surface area contributed by atoms with E-state index in [4.69, 9.17) is 11.6 Å². The third kappa shape index (κ3) is 4.02. The summed E-state index contributed by atoms with van der Waals surface area (Å²) in [6.45, 7) is 1.93. The Bertz CT molecular complexity index is 1290. The molecule has 2 fully saturated rings. The number of alkyl halides is 3. The van der Waals surface area contributed by atoms with Crippen LogP contribution in [0.2, 0.25) is 5.02 Å². The minimum atomic E-state index is -4.81. The molecule has 3 heterocycles. The lowest BCUT2D eigenvalue weighted by Gasteiger charge is -2.54. The number of halogens is 5. The number of benzene rings is 2. The molecule has 2 aliphatic rings. The predicted octanol–water partition coefficient (Wildman–Crippen LogP) is 5.36. The number of nitrogens with one attached hydrogen (secondary N) is 1. The van der Waals surface area contributed by atoms with Gasteiger partial charge in [-0.1, -0.05) is 11.6 Å². The highest BCUT2D eigenvalue weighted by Crippen LogP contribution is 2.41. The molecule has 2 saturated heterocycles. The number of piperidine rings is 1. The third-order valence-corrected chi connectivity index (χ3v) is 7.02. The van der Waals surface area contributed by atoms with Gasteiger partial charge in [0.1, 0.15) is 11.5 Å². The van der Waals surface area contributed by atoms with E-state index >= 15 is 0 Å². The fourth-order valence-corrected chi connectivity index (χ4v) is 5.04. The summed E-state index contributed by atoms with van der Waals surface area (Å²) in [6, 6.07) is 9.39. The molecule has 2 aromatic carbocycles. The van der Waals surface area contributed by atoms with E-state index in [0.29, 0.717) is 61.9 Å². The molecule has 1 N–H and O–H groups in total. The molecule has 34 heavy (non-hydrogen) atoms. The van der Waals surface area contributed by atoms with Gasteiger partial charge in [0.15, 0.2) is 0 Å². The monoisotopic (exact) mass is 493 g/mol. The summed E-state index contributed by atoms with van der Waals surface area (Å²) in [6.07, 6.45) is -3.40. The Morgan fingerprint density at radius 2 is 1.65 bits per heavy atom. The van der Waals surface area contributed by atoms with Crippen molar-refractivity contribution in [2.75, 3.05) is 26.2 Å². The SMILES string of the molecule is O=C(c1ccc(C(F)(F)F)c(F)c1)N1CC2(CCN(C(=O)c3cc4cc(Cl)ccc4[nH]3)CC2)C1. The van der Waals surface area contributed by atoms with Gasteiger partial charge in [-0.2, -0.15) is 13.2 Å². The first-order chi connectivity index (χ1) is 16.0. The molecule has 0 aliphatic carbocycles. The molecule has 5 rings (SSSR count). The normalized spacial score (nSPS) is 17.8. The topological polar surface area (TPSA) is 56.4 Å². The Kier molecular flexibility index (Phi) is 5.35. The van der Waals surface area contributed by atoms with Crippen LogP contribution in [0.3, 0.4) is 0 Å². The molecular formula is C24H20ClF4N3O2. The second-order valence-corrected chi connectivity index (χ2v) is 9.50. The highest BCUT2D eigenvalue weighted by Gasteiger charge is 2.47. The van der Waals surface area contributed by atoms with Crippen LogP contribution in [-0.2, 0) is 6.18 Å². The van der Waals surface area contributed by atoms with Crippen molar-refractivity contribution in [1.82, 2.24) is 14.8 Å². The fraction of sp³-hybridized carbons (Fsp3) is 0.333. The average molecular weight is 494 g/mol. The molecule has 2 amide bonds. The number of nitrogens with zero attached hydrogens (tertiary/aromatic N) is 2. The first-order valence-electron chi connectivity index (χ1n) is 10.8. The van der Waals surface area contributed by atoms with Gasteiger partial charge in [-0.25, -0.2) is 4.39 Å². The molecule has 1 aromatic heterocycles. The van der Waals surface area contributed by atoms with Crippen LogP contribution in [0.15, 0.2) is 42.5 Å². The van der Waals surface area contributed by atoms with Gasteiger partial charge in [0.25, 0.3) is 11.8 Å². The summed E-state index contributed by atoms with van der Waals surface area (Å²) in [5.41, 5.74) is -0.312. The number of hydrogen-bond donors (Lipinski definition) is 1. The molecule has 5 nitrogen and oxygen atoms in total. The zero-order chi connectivity index (χ0) is 24.3. The largest absolute Gasteiger partial charge is 0.419 e. The highest BCUT2D eigenvalue weighted by atomic mass is 35.5. The third-order valence-electron chi connectivity index (χ3n) is 6.79. The van der Waals surface area contributed by atoms with Crippen LogP contribution in [-0.4, -0.2) is 52.8 Å². The van der Waals surface area contributed by atoms with Crippen LogP contribution in [0, 0.1) is 11.2 Å². The van der Waals surface area contributed by atoms with Gasteiger partial charge in [-0.05, 0) is 55.3 Å². The van der Waals surface area contributed by atoms with Gasteiger partial charge in [0.05, 0.1) is 5.56 Å². The van der Waals surface area contributed by atoms with Crippen molar-refractivity contribution in [3.8, 4) is 0 Å². The Balaban J connectivity index is 1.19. The summed E-state index contributed by atoms with van der Waals surface area (Å²) in [7, 11) is 0. The molecule has 178 valence electrons. The second kappa shape index (κ2) is 8.01. The van der Waals surface area contributed by atoms with E-state index in [1.165, 1.54) is 4.90 Å². The Morgan fingerprint density at radius 1 is 0.941 bits per heavy atom. The maximum atomic E-state index is 13.8. The number of amides is 2. The van der Waals surface area contributed by atoms with Crippen LogP contribution in [0.4, 0.5) is 17.6 Å². The molecule has 0 unspecified atom stereocenters. The average Bonchev–Trinajstić information content (AvgIpc) is 3.19. The van der Waals surface area contributed by atoms with E-state index in [9.17, 15) is 27.2 Å². The number of aromatic nitrogens is 1. The minimum absolute atomic E-state index is 0.102. The van der Waals surface area contributed by atoms with Crippen LogP contribution in [0.25, 0.3) is 10.9 Å². The van der Waals surface area contributed by atoms with Gasteiger partial charge in [0, 0.05) is 53.1 Å². The fourth-order valence-electron chi connectivity index (χ4n) is 4.86. The van der Waals surface area contributed by atoms with Crippen molar-refractivity contribution in [2.45, 2.75) is 19.0 Å². The van der Waals surface area contributed by atoms with E-state index in [2.05, 4.69) is 4.98 Å². The number of likely N-dealkylation sites (tertiary alicyclic amines) is 2. The molecule has 0 radical (unpaired) electrons. The van der Waals surface area contributed by atoms with Gasteiger partial charge in [-0.3, -0.25) is 9.59 Å². The smallest absolute Gasteiger partial charge is 0.351 e. The number of fused-ring (bicyclic) bond motifs is 1. The van der Waals surface area contributed by atoms with E-state index in [-0.39, 0.29) is 16.9 Å². The molecule has 2 aliphatic heterocycles. The molecule has 0 atom stereocenters. The number of carbonyl (C=O) groups excluding carboxylic acids is 2. The maximum absolute atomic E-state index is 13.8. The lowest BCUT2D eigenvalue weighted by atomic mass is 9.71. The second-order valence-electron chi connectivity index (χ2n) is 9.06. The van der Waals surface area contributed by atoms with Crippen molar-refractivity contribution in [3.63, 3.8) is 0 Å². The molecule has 1 spiro atoms. The lowest BCUT2D eigenvalue weighted by Crippen LogP contribution is -2.62. The molecule has 0 saturated carbocycles. The zero-order valence-electron chi connectivity index (χ0n) is 17.9.